The first-order valence-electron chi connectivity index (χ1n) is 13.7. The van der Waals surface area contributed by atoms with Gasteiger partial charge in [-0.2, -0.15) is 5.10 Å². The molecule has 0 fully saturated rings. The molecule has 1 unspecified atom stereocenters. The number of benzene rings is 4. The summed E-state index contributed by atoms with van der Waals surface area (Å²) in [5.41, 5.74) is 4.53. The fourth-order valence-corrected chi connectivity index (χ4v) is 6.73. The van der Waals surface area contributed by atoms with E-state index in [4.69, 9.17) is 26.2 Å². The van der Waals surface area contributed by atoms with Crippen LogP contribution in [0.25, 0.3) is 16.9 Å². The number of hydrogen-bond acceptors (Lipinski definition) is 6. The maximum Gasteiger partial charge on any atom is 0.244 e. The van der Waals surface area contributed by atoms with Crippen LogP contribution in [0.2, 0.25) is 5.02 Å². The molecule has 2 amide bonds. The van der Waals surface area contributed by atoms with Gasteiger partial charge >= 0.3 is 0 Å². The van der Waals surface area contributed by atoms with E-state index in [2.05, 4.69) is 5.32 Å². The molecule has 3 heterocycles. The molecule has 214 valence electrons. The lowest BCUT2D eigenvalue weighted by atomic mass is 9.99. The van der Waals surface area contributed by atoms with Crippen molar-refractivity contribution in [2.24, 2.45) is 0 Å². The fourth-order valence-electron chi connectivity index (χ4n) is 5.32. The Balaban J connectivity index is 1.44. The van der Waals surface area contributed by atoms with Gasteiger partial charge in [0.05, 0.1) is 27.4 Å². The van der Waals surface area contributed by atoms with Gasteiger partial charge in [0.1, 0.15) is 12.4 Å². The average molecular weight is 609 g/mol. The van der Waals surface area contributed by atoms with Gasteiger partial charge in [-0.25, -0.2) is 4.68 Å². The third kappa shape index (κ3) is 5.22. The topological polar surface area (TPSA) is 85.7 Å². The number of rotatable bonds is 6. The van der Waals surface area contributed by atoms with E-state index in [1.54, 1.807) is 22.9 Å². The number of carbonyl (C=O) groups is 2. The summed E-state index contributed by atoms with van der Waals surface area (Å²) in [5.74, 6) is 1.41. The first kappa shape index (κ1) is 27.1. The predicted molar refractivity (Wildman–Crippen MR) is 168 cm³/mol. The summed E-state index contributed by atoms with van der Waals surface area (Å²) >= 11 is 8.22. The second kappa shape index (κ2) is 11.5. The molecule has 0 bridgehead atoms. The molecule has 2 aliphatic heterocycles. The van der Waals surface area contributed by atoms with Crippen LogP contribution in [0, 0.1) is 0 Å². The largest absolute Gasteiger partial charge is 0.454 e. The molecular formula is C33H25ClN4O4S. The first-order valence-corrected chi connectivity index (χ1v) is 15.1. The number of nitrogens with zero attached hydrogens (tertiary/aromatic N) is 3. The lowest BCUT2D eigenvalue weighted by Gasteiger charge is -2.23. The van der Waals surface area contributed by atoms with Crippen molar-refractivity contribution in [1.29, 1.82) is 0 Å². The Labute approximate surface area is 257 Å². The Hall–Kier alpha value is -4.73. The molecular weight excluding hydrogens is 584 g/mol. The quantitative estimate of drug-likeness (QED) is 0.230. The molecule has 0 aliphatic carbocycles. The van der Waals surface area contributed by atoms with E-state index in [0.29, 0.717) is 39.4 Å². The fraction of sp³-hybridized carbons (Fsp3) is 0.121. The summed E-state index contributed by atoms with van der Waals surface area (Å²) < 4.78 is 13.0. The molecule has 4 aromatic carbocycles. The monoisotopic (exact) mass is 608 g/mol. The lowest BCUT2D eigenvalue weighted by Crippen LogP contribution is -2.40. The number of aromatic nitrogens is 2. The molecule has 43 heavy (non-hydrogen) atoms. The van der Waals surface area contributed by atoms with Crippen molar-refractivity contribution in [3.8, 4) is 28.4 Å². The van der Waals surface area contributed by atoms with Crippen LogP contribution >= 0.6 is 23.4 Å². The molecule has 0 saturated heterocycles. The average Bonchev–Trinajstić information content (AvgIpc) is 3.63. The number of amides is 2. The minimum absolute atomic E-state index is 0.142. The molecule has 5 aromatic rings. The van der Waals surface area contributed by atoms with E-state index in [1.165, 1.54) is 16.7 Å². The zero-order valence-corrected chi connectivity index (χ0v) is 24.3. The normalized spacial score (nSPS) is 15.6. The number of fused-ring (bicyclic) bond motifs is 2. The first-order chi connectivity index (χ1) is 21.1. The Morgan fingerprint density at radius 2 is 1.65 bits per heavy atom. The van der Waals surface area contributed by atoms with Crippen LogP contribution in [-0.4, -0.2) is 40.7 Å². The van der Waals surface area contributed by atoms with Crippen molar-refractivity contribution in [2.75, 3.05) is 29.3 Å². The van der Waals surface area contributed by atoms with Gasteiger partial charge < -0.3 is 14.8 Å². The zero-order valence-electron chi connectivity index (χ0n) is 22.8. The Morgan fingerprint density at radius 1 is 0.930 bits per heavy atom. The summed E-state index contributed by atoms with van der Waals surface area (Å²) in [5, 5.41) is 8.16. The van der Waals surface area contributed by atoms with Crippen LogP contribution in [-0.2, 0) is 9.59 Å². The van der Waals surface area contributed by atoms with Crippen LogP contribution < -0.4 is 19.7 Å². The number of ether oxygens (including phenoxy) is 2. The molecule has 2 aliphatic rings. The molecule has 8 nitrogen and oxygen atoms in total. The van der Waals surface area contributed by atoms with E-state index >= 15 is 0 Å². The van der Waals surface area contributed by atoms with Crippen molar-refractivity contribution >= 4 is 46.7 Å². The van der Waals surface area contributed by atoms with Crippen LogP contribution in [0.3, 0.4) is 0 Å². The number of halogens is 1. The van der Waals surface area contributed by atoms with Gasteiger partial charge in [-0.3, -0.25) is 14.5 Å². The number of nitrogens with one attached hydrogen (secondary N) is 1. The highest BCUT2D eigenvalue weighted by Crippen LogP contribution is 2.50. The highest BCUT2D eigenvalue weighted by atomic mass is 35.5. The van der Waals surface area contributed by atoms with Crippen LogP contribution in [0.5, 0.6) is 11.5 Å². The Kier molecular flexibility index (Phi) is 7.26. The van der Waals surface area contributed by atoms with Crippen molar-refractivity contribution in [3.63, 3.8) is 0 Å². The summed E-state index contributed by atoms with van der Waals surface area (Å²) in [6, 6.07) is 32.2. The van der Waals surface area contributed by atoms with Crippen molar-refractivity contribution in [1.82, 2.24) is 9.78 Å². The van der Waals surface area contributed by atoms with E-state index in [1.807, 2.05) is 84.9 Å². The van der Waals surface area contributed by atoms with Crippen molar-refractivity contribution < 1.29 is 19.1 Å². The van der Waals surface area contributed by atoms with E-state index in [9.17, 15) is 9.59 Å². The summed E-state index contributed by atoms with van der Waals surface area (Å²) in [6.07, 6.45) is 0. The number of thioether (sulfide) groups is 1. The second-order valence-corrected chi connectivity index (χ2v) is 11.5. The molecule has 0 radical (unpaired) electrons. The van der Waals surface area contributed by atoms with Crippen LogP contribution in [0.15, 0.2) is 103 Å². The molecule has 0 spiro atoms. The molecule has 10 heteroatoms. The van der Waals surface area contributed by atoms with Gasteiger partial charge in [0, 0.05) is 16.8 Å². The van der Waals surface area contributed by atoms with Crippen LogP contribution in [0.1, 0.15) is 16.4 Å². The maximum atomic E-state index is 13.9. The van der Waals surface area contributed by atoms with Gasteiger partial charge in [0.15, 0.2) is 11.5 Å². The van der Waals surface area contributed by atoms with Gasteiger partial charge in [0.2, 0.25) is 18.6 Å². The second-order valence-electron chi connectivity index (χ2n) is 10.0. The number of para-hydroxylation sites is 2. The summed E-state index contributed by atoms with van der Waals surface area (Å²) in [4.78, 5) is 28.9. The number of anilines is 2. The molecule has 1 N–H and O–H groups in total. The molecule has 1 atom stereocenters. The molecule has 7 rings (SSSR count). The minimum atomic E-state index is -0.329. The minimum Gasteiger partial charge on any atom is -0.454 e. The number of carbonyl (C=O) groups excluding carboxylic acids is 2. The predicted octanol–water partition coefficient (Wildman–Crippen LogP) is 6.73. The smallest absolute Gasteiger partial charge is 0.244 e. The van der Waals surface area contributed by atoms with Crippen molar-refractivity contribution in [2.45, 2.75) is 5.25 Å². The molecule has 1 aromatic heterocycles. The standard InChI is InChI=1S/C33H25ClN4O4S/c34-24-13-7-8-14-25(24)38-33-30(31(36-38)21-9-3-1-4-10-21)32(22-15-16-26-27(17-22)42-20-41-26)43-19-29(40)37(33)18-28(39)35-23-11-5-2-6-12-23/h1-17,32H,18-20H2,(H,35,39). The highest BCUT2D eigenvalue weighted by molar-refractivity contribution is 8.00. The van der Waals surface area contributed by atoms with Gasteiger partial charge in [-0.05, 0) is 42.0 Å². The van der Waals surface area contributed by atoms with Gasteiger partial charge in [0.25, 0.3) is 0 Å². The van der Waals surface area contributed by atoms with E-state index in [-0.39, 0.29) is 36.2 Å². The van der Waals surface area contributed by atoms with Crippen LogP contribution in [0.4, 0.5) is 11.5 Å². The summed E-state index contributed by atoms with van der Waals surface area (Å²) in [6.45, 7) is -0.0517. The van der Waals surface area contributed by atoms with Gasteiger partial charge in [-0.15, -0.1) is 11.8 Å². The summed E-state index contributed by atoms with van der Waals surface area (Å²) in [7, 11) is 0. The lowest BCUT2D eigenvalue weighted by molar-refractivity contribution is -0.120. The third-order valence-corrected chi connectivity index (χ3v) is 8.85. The maximum absolute atomic E-state index is 13.9. The Morgan fingerprint density at radius 3 is 2.44 bits per heavy atom. The van der Waals surface area contributed by atoms with E-state index < -0.39 is 0 Å². The highest BCUT2D eigenvalue weighted by Gasteiger charge is 2.38. The SMILES string of the molecule is O=C(CN1C(=O)CSC(c2ccc3c(c2)OCO3)c2c(-c3ccccc3)nn(-c3ccccc3Cl)c21)Nc1ccccc1. The van der Waals surface area contributed by atoms with Gasteiger partial charge in [-0.1, -0.05) is 78.3 Å². The third-order valence-electron chi connectivity index (χ3n) is 7.28. The Bertz CT molecular complexity index is 1830. The zero-order chi connectivity index (χ0) is 29.3. The van der Waals surface area contributed by atoms with E-state index in [0.717, 1.165) is 16.7 Å². The molecule has 0 saturated carbocycles. The van der Waals surface area contributed by atoms with Crippen molar-refractivity contribution in [3.05, 3.63) is 119 Å². The number of hydrogen-bond donors (Lipinski definition) is 1.